The summed E-state index contributed by atoms with van der Waals surface area (Å²) in [5.74, 6) is -0.121. The van der Waals surface area contributed by atoms with Crippen LogP contribution >= 0.6 is 11.8 Å². The maximum Gasteiger partial charge on any atom is 0.242 e. The van der Waals surface area contributed by atoms with Gasteiger partial charge in [-0.05, 0) is 35.8 Å². The highest BCUT2D eigenvalue weighted by molar-refractivity contribution is 8.00. The second-order valence-corrected chi connectivity index (χ2v) is 13.6. The third kappa shape index (κ3) is 16.6. The molecule has 1 heterocycles. The third-order valence-corrected chi connectivity index (χ3v) is 8.84. The average Bonchev–Trinajstić information content (AvgIpc) is 3.31. The summed E-state index contributed by atoms with van der Waals surface area (Å²) in [4.78, 5) is 74.1. The number of ether oxygens (including phenoxy) is 2. The van der Waals surface area contributed by atoms with E-state index >= 15 is 0 Å². The second kappa shape index (κ2) is 23.0. The van der Waals surface area contributed by atoms with Gasteiger partial charge in [0.25, 0.3) is 0 Å². The fraction of sp³-hybridized carbons (Fsp3) is 0.647. The highest BCUT2D eigenvalue weighted by Crippen LogP contribution is 2.26. The van der Waals surface area contributed by atoms with Crippen molar-refractivity contribution in [1.29, 1.82) is 0 Å². The van der Waals surface area contributed by atoms with Crippen molar-refractivity contribution < 1.29 is 41.1 Å². The first-order chi connectivity index (χ1) is 23.0. The van der Waals surface area contributed by atoms with Gasteiger partial charge in [-0.15, -0.1) is 11.8 Å². The standard InChI is InChI=1S/C34H53N5O8S.2H2/c1-24(2)11-16-46-18-13-32(43)38-29(37-23-40)22-48-28-20-33(44)39(34(28)45)15-5-6-30(41)35-14-19-47-17-12-31(42)36-21-26-7-9-27(10-8-26)25(3)4;;/h7-10,23-25,28-29H,5-6,11-22H2,1-4H3,(H,35,41)(H,36,42)(H,37,40)(H,38,43);2*1H. The summed E-state index contributed by atoms with van der Waals surface area (Å²) in [6.07, 6.45) is 1.50. The van der Waals surface area contributed by atoms with Gasteiger partial charge in [0.15, 0.2) is 0 Å². The monoisotopic (exact) mass is 695 g/mol. The first-order valence-electron chi connectivity index (χ1n) is 16.7. The van der Waals surface area contributed by atoms with E-state index in [9.17, 15) is 28.8 Å². The number of carbonyl (C=O) groups excluding carboxylic acids is 6. The van der Waals surface area contributed by atoms with Crippen LogP contribution in [0, 0.1) is 5.92 Å². The third-order valence-electron chi connectivity index (χ3n) is 7.55. The number of rotatable bonds is 25. The van der Waals surface area contributed by atoms with Gasteiger partial charge in [-0.25, -0.2) is 0 Å². The lowest BCUT2D eigenvalue weighted by Crippen LogP contribution is -2.47. The molecule has 1 aliphatic rings. The van der Waals surface area contributed by atoms with Crippen LogP contribution in [0.3, 0.4) is 0 Å². The Labute approximate surface area is 291 Å². The molecule has 2 atom stereocenters. The number of amides is 6. The molecule has 1 aromatic rings. The Bertz CT molecular complexity index is 1190. The first kappa shape index (κ1) is 40.7. The summed E-state index contributed by atoms with van der Waals surface area (Å²) in [6.45, 7) is 10.6. The smallest absolute Gasteiger partial charge is 0.242 e. The molecule has 2 rings (SSSR count). The topological polar surface area (TPSA) is 172 Å². The molecule has 0 aliphatic carbocycles. The van der Waals surface area contributed by atoms with E-state index in [2.05, 4.69) is 61.1 Å². The Kier molecular flexibility index (Phi) is 19.5. The number of hydrogen-bond acceptors (Lipinski definition) is 9. The number of imide groups is 1. The molecule has 0 bridgehead atoms. The largest absolute Gasteiger partial charge is 0.381 e. The average molecular weight is 696 g/mol. The van der Waals surface area contributed by atoms with Gasteiger partial charge in [-0.3, -0.25) is 33.7 Å². The number of likely N-dealkylation sites (tertiary alicyclic amines) is 1. The molecule has 13 nitrogen and oxygen atoms in total. The molecule has 1 aliphatic heterocycles. The van der Waals surface area contributed by atoms with Crippen molar-refractivity contribution >= 4 is 47.7 Å². The van der Waals surface area contributed by atoms with Crippen LogP contribution in [0.2, 0.25) is 0 Å². The van der Waals surface area contributed by atoms with Crippen molar-refractivity contribution in [2.75, 3.05) is 45.3 Å². The van der Waals surface area contributed by atoms with E-state index < -0.39 is 11.4 Å². The van der Waals surface area contributed by atoms with Gasteiger partial charge in [0.1, 0.15) is 6.17 Å². The molecule has 0 radical (unpaired) electrons. The molecular formula is C34H57N5O8S. The lowest BCUT2D eigenvalue weighted by molar-refractivity contribution is -0.138. The number of nitrogens with one attached hydrogen (secondary N) is 4. The van der Waals surface area contributed by atoms with Gasteiger partial charge in [0.2, 0.25) is 35.9 Å². The van der Waals surface area contributed by atoms with Gasteiger partial charge >= 0.3 is 0 Å². The van der Waals surface area contributed by atoms with Crippen molar-refractivity contribution in [1.82, 2.24) is 26.2 Å². The molecule has 2 unspecified atom stereocenters. The zero-order chi connectivity index (χ0) is 35.3. The fourth-order valence-corrected chi connectivity index (χ4v) is 5.76. The van der Waals surface area contributed by atoms with Gasteiger partial charge in [0, 0.05) is 54.1 Å². The van der Waals surface area contributed by atoms with Crippen LogP contribution in [0.1, 0.15) is 86.1 Å². The predicted molar refractivity (Wildman–Crippen MR) is 188 cm³/mol. The Morgan fingerprint density at radius 1 is 0.938 bits per heavy atom. The van der Waals surface area contributed by atoms with Gasteiger partial charge < -0.3 is 30.7 Å². The summed E-state index contributed by atoms with van der Waals surface area (Å²) < 4.78 is 10.9. The Morgan fingerprint density at radius 2 is 1.60 bits per heavy atom. The van der Waals surface area contributed by atoms with Crippen LogP contribution in [0.5, 0.6) is 0 Å². The SMILES string of the molecule is CC(C)CCOCCC(=O)NC(CSC1CC(=O)N(CCCC(=O)NCCOCCC(=O)NCc2ccc(C(C)C)cc2)C1=O)NC=O.[HH].[HH]. The number of benzene rings is 1. The Balaban J connectivity index is 0.0000120. The lowest BCUT2D eigenvalue weighted by Gasteiger charge is -2.19. The van der Waals surface area contributed by atoms with E-state index in [1.165, 1.54) is 17.3 Å². The van der Waals surface area contributed by atoms with Crippen LogP contribution < -0.4 is 21.3 Å². The predicted octanol–water partition coefficient (Wildman–Crippen LogP) is 2.72. The summed E-state index contributed by atoms with van der Waals surface area (Å²) in [6, 6.07) is 8.15. The minimum absolute atomic E-state index is 0. The number of nitrogens with zero attached hydrogens (tertiary/aromatic N) is 1. The molecule has 14 heteroatoms. The zero-order valence-electron chi connectivity index (χ0n) is 28.7. The molecule has 0 saturated carbocycles. The van der Waals surface area contributed by atoms with Crippen LogP contribution in [0.25, 0.3) is 0 Å². The van der Waals surface area contributed by atoms with Crippen LogP contribution in [0.4, 0.5) is 0 Å². The molecule has 0 aromatic heterocycles. The quantitative estimate of drug-likeness (QED) is 0.0520. The Hall–Kier alpha value is -3.49. The van der Waals surface area contributed by atoms with E-state index in [0.717, 1.165) is 16.9 Å². The van der Waals surface area contributed by atoms with E-state index in [1.807, 2.05) is 12.1 Å². The molecule has 272 valence electrons. The minimum Gasteiger partial charge on any atom is -0.381 e. The van der Waals surface area contributed by atoms with Gasteiger partial charge in [0.05, 0.1) is 31.5 Å². The van der Waals surface area contributed by atoms with Crippen molar-refractivity contribution in [2.24, 2.45) is 5.92 Å². The van der Waals surface area contributed by atoms with E-state index in [0.29, 0.717) is 37.8 Å². The fourth-order valence-electron chi connectivity index (χ4n) is 4.62. The molecule has 1 saturated heterocycles. The summed E-state index contributed by atoms with van der Waals surface area (Å²) >= 11 is 1.19. The zero-order valence-corrected chi connectivity index (χ0v) is 29.5. The Morgan fingerprint density at radius 3 is 2.27 bits per heavy atom. The molecule has 6 amide bonds. The minimum atomic E-state index is -0.699. The maximum absolute atomic E-state index is 12.8. The van der Waals surface area contributed by atoms with Crippen molar-refractivity contribution in [3.63, 3.8) is 0 Å². The molecule has 1 aromatic carbocycles. The number of thioether (sulfide) groups is 1. The summed E-state index contributed by atoms with van der Waals surface area (Å²) in [5, 5.41) is 10.2. The normalized spacial score (nSPS) is 15.1. The van der Waals surface area contributed by atoms with Crippen LogP contribution in [-0.4, -0.2) is 97.5 Å². The van der Waals surface area contributed by atoms with Crippen LogP contribution in [-0.2, 0) is 44.8 Å². The highest BCUT2D eigenvalue weighted by atomic mass is 32.2. The van der Waals surface area contributed by atoms with Gasteiger partial charge in [-0.1, -0.05) is 52.0 Å². The second-order valence-electron chi connectivity index (χ2n) is 12.3. The first-order valence-corrected chi connectivity index (χ1v) is 17.8. The highest BCUT2D eigenvalue weighted by Gasteiger charge is 2.38. The summed E-state index contributed by atoms with van der Waals surface area (Å²) in [7, 11) is 0. The summed E-state index contributed by atoms with van der Waals surface area (Å²) in [5.41, 5.74) is 2.28. The molecule has 4 N–H and O–H groups in total. The molecule has 48 heavy (non-hydrogen) atoms. The van der Waals surface area contributed by atoms with Crippen molar-refractivity contribution in [3.8, 4) is 0 Å². The maximum atomic E-state index is 12.8. The molecule has 1 fully saturated rings. The lowest BCUT2D eigenvalue weighted by atomic mass is 10.0. The van der Waals surface area contributed by atoms with E-state index in [1.54, 1.807) is 0 Å². The van der Waals surface area contributed by atoms with E-state index in [-0.39, 0.29) is 96.7 Å². The van der Waals surface area contributed by atoms with Gasteiger partial charge in [-0.2, -0.15) is 0 Å². The van der Waals surface area contributed by atoms with Crippen molar-refractivity contribution in [3.05, 3.63) is 35.4 Å². The number of carbonyl (C=O) groups is 6. The van der Waals surface area contributed by atoms with Crippen molar-refractivity contribution in [2.45, 2.75) is 90.1 Å². The molecular weight excluding hydrogens is 638 g/mol. The van der Waals surface area contributed by atoms with E-state index in [4.69, 9.17) is 9.47 Å². The molecule has 0 spiro atoms. The number of hydrogen-bond donors (Lipinski definition) is 4. The van der Waals surface area contributed by atoms with Crippen LogP contribution in [0.15, 0.2) is 24.3 Å².